The summed E-state index contributed by atoms with van der Waals surface area (Å²) in [5, 5.41) is 3.05. The zero-order valence-corrected chi connectivity index (χ0v) is 10.4. The lowest BCUT2D eigenvalue weighted by Gasteiger charge is -2.08. The van der Waals surface area contributed by atoms with Crippen molar-refractivity contribution in [1.29, 1.82) is 0 Å². The molecule has 1 aromatic rings. The van der Waals surface area contributed by atoms with Gasteiger partial charge in [0.05, 0.1) is 0 Å². The first-order chi connectivity index (χ1) is 8.19. The minimum absolute atomic E-state index is 0.156. The Hall–Kier alpha value is -1.95. The highest BCUT2D eigenvalue weighted by atomic mass is 15.1. The molecule has 0 amide bonds. The molecule has 0 radical (unpaired) electrons. The summed E-state index contributed by atoms with van der Waals surface area (Å²) < 4.78 is 0. The average molecular weight is 229 g/mol. The van der Waals surface area contributed by atoms with Crippen molar-refractivity contribution in [3.05, 3.63) is 29.8 Å². The predicted octanol–water partition coefficient (Wildman–Crippen LogP) is 2.39. The van der Waals surface area contributed by atoms with Crippen molar-refractivity contribution in [3.8, 4) is 12.3 Å². The quantitative estimate of drug-likeness (QED) is 0.473. The second-order valence-electron chi connectivity index (χ2n) is 3.78. The van der Waals surface area contributed by atoms with Crippen LogP contribution in [0.4, 0.5) is 5.69 Å². The molecule has 1 unspecified atom stereocenters. The smallest absolute Gasteiger partial charge is 0.194 e. The molecule has 17 heavy (non-hydrogen) atoms. The number of guanidine groups is 1. The summed E-state index contributed by atoms with van der Waals surface area (Å²) in [5.74, 6) is 2.95. The van der Waals surface area contributed by atoms with Gasteiger partial charge in [0.1, 0.15) is 6.04 Å². The lowest BCUT2D eigenvalue weighted by molar-refractivity contribution is 0.806. The molecular formula is C14H19N3. The number of hydrogen-bond donors (Lipinski definition) is 2. The van der Waals surface area contributed by atoms with Gasteiger partial charge in [-0.15, -0.1) is 6.42 Å². The summed E-state index contributed by atoms with van der Waals surface area (Å²) in [6, 6.07) is 7.93. The van der Waals surface area contributed by atoms with Gasteiger partial charge in [-0.1, -0.05) is 31.9 Å². The molecule has 0 aliphatic carbocycles. The maximum atomic E-state index is 5.79. The van der Waals surface area contributed by atoms with Crippen molar-refractivity contribution in [3.63, 3.8) is 0 Å². The first kappa shape index (κ1) is 13.1. The third-order valence-corrected chi connectivity index (χ3v) is 2.48. The fourth-order valence-corrected chi connectivity index (χ4v) is 1.46. The number of benzene rings is 1. The van der Waals surface area contributed by atoms with E-state index in [2.05, 4.69) is 35.3 Å². The number of nitrogens with one attached hydrogen (secondary N) is 1. The Morgan fingerprint density at radius 1 is 1.53 bits per heavy atom. The van der Waals surface area contributed by atoms with Crippen molar-refractivity contribution < 1.29 is 0 Å². The first-order valence-corrected chi connectivity index (χ1v) is 5.85. The van der Waals surface area contributed by atoms with Gasteiger partial charge in [0, 0.05) is 5.69 Å². The molecular weight excluding hydrogens is 210 g/mol. The van der Waals surface area contributed by atoms with Crippen LogP contribution >= 0.6 is 0 Å². The van der Waals surface area contributed by atoms with E-state index in [1.807, 2.05) is 19.1 Å². The molecule has 3 N–H and O–H groups in total. The molecule has 0 heterocycles. The Morgan fingerprint density at radius 3 is 2.88 bits per heavy atom. The second-order valence-corrected chi connectivity index (χ2v) is 3.78. The third kappa shape index (κ3) is 4.20. The molecule has 0 saturated heterocycles. The van der Waals surface area contributed by atoms with Gasteiger partial charge in [0.15, 0.2) is 5.96 Å². The third-order valence-electron chi connectivity index (χ3n) is 2.48. The fourth-order valence-electron chi connectivity index (χ4n) is 1.46. The summed E-state index contributed by atoms with van der Waals surface area (Å²) in [7, 11) is 0. The Balaban J connectivity index is 2.73. The van der Waals surface area contributed by atoms with Crippen LogP contribution in [-0.2, 0) is 6.42 Å². The highest BCUT2D eigenvalue weighted by Crippen LogP contribution is 2.10. The molecule has 0 aliphatic rings. The van der Waals surface area contributed by atoms with Crippen LogP contribution in [0.15, 0.2) is 29.3 Å². The highest BCUT2D eigenvalue weighted by molar-refractivity contribution is 5.92. The number of terminal acetylenes is 1. The maximum absolute atomic E-state index is 5.79. The monoisotopic (exact) mass is 229 g/mol. The summed E-state index contributed by atoms with van der Waals surface area (Å²) in [6.07, 6.45) is 7.11. The fraction of sp³-hybridized carbons (Fsp3) is 0.357. The van der Waals surface area contributed by atoms with E-state index in [1.54, 1.807) is 0 Å². The summed E-state index contributed by atoms with van der Waals surface area (Å²) >= 11 is 0. The first-order valence-electron chi connectivity index (χ1n) is 5.85. The van der Waals surface area contributed by atoms with Crippen LogP contribution < -0.4 is 11.1 Å². The number of aliphatic imine (C=N–C) groups is 1. The molecule has 90 valence electrons. The molecule has 0 aromatic heterocycles. The number of nitrogens with two attached hydrogens (primary N) is 1. The van der Waals surface area contributed by atoms with Crippen LogP contribution in [0.2, 0.25) is 0 Å². The number of aryl methyl sites for hydroxylation is 1. The van der Waals surface area contributed by atoms with E-state index >= 15 is 0 Å². The molecule has 0 bridgehead atoms. The van der Waals surface area contributed by atoms with Crippen LogP contribution in [0, 0.1) is 12.3 Å². The topological polar surface area (TPSA) is 50.4 Å². The minimum Gasteiger partial charge on any atom is -0.370 e. The minimum atomic E-state index is -0.156. The Labute approximate surface area is 103 Å². The van der Waals surface area contributed by atoms with Crippen molar-refractivity contribution in [2.75, 3.05) is 5.32 Å². The molecule has 1 atom stereocenters. The van der Waals surface area contributed by atoms with E-state index in [9.17, 15) is 0 Å². The number of hydrogen-bond acceptors (Lipinski definition) is 1. The Morgan fingerprint density at radius 2 is 2.29 bits per heavy atom. The van der Waals surface area contributed by atoms with E-state index in [4.69, 9.17) is 12.2 Å². The van der Waals surface area contributed by atoms with Gasteiger partial charge in [-0.2, -0.15) is 0 Å². The van der Waals surface area contributed by atoms with Gasteiger partial charge in [-0.3, -0.25) is 0 Å². The number of nitrogens with zero attached hydrogens (tertiary/aromatic N) is 1. The highest BCUT2D eigenvalue weighted by Gasteiger charge is 2.01. The van der Waals surface area contributed by atoms with Gasteiger partial charge in [0.2, 0.25) is 0 Å². The van der Waals surface area contributed by atoms with Gasteiger partial charge >= 0.3 is 0 Å². The maximum Gasteiger partial charge on any atom is 0.194 e. The predicted molar refractivity (Wildman–Crippen MR) is 74.0 cm³/mol. The van der Waals surface area contributed by atoms with Gasteiger partial charge in [0.25, 0.3) is 0 Å². The number of anilines is 1. The van der Waals surface area contributed by atoms with E-state index in [1.165, 1.54) is 5.56 Å². The SMILES string of the molecule is C#CC(CC)N=C(N)Nc1cccc(CC)c1. The molecule has 1 aromatic carbocycles. The number of rotatable bonds is 4. The van der Waals surface area contributed by atoms with E-state index < -0.39 is 0 Å². The lowest BCUT2D eigenvalue weighted by atomic mass is 10.1. The van der Waals surface area contributed by atoms with Crippen molar-refractivity contribution in [2.45, 2.75) is 32.7 Å². The molecule has 1 rings (SSSR count). The van der Waals surface area contributed by atoms with Crippen LogP contribution in [0.25, 0.3) is 0 Å². The molecule has 0 aliphatic heterocycles. The van der Waals surface area contributed by atoms with Gasteiger partial charge in [-0.25, -0.2) is 4.99 Å². The molecule has 3 heteroatoms. The summed E-state index contributed by atoms with van der Waals surface area (Å²) in [6.45, 7) is 4.10. The van der Waals surface area contributed by atoms with Crippen molar-refractivity contribution >= 4 is 11.6 Å². The zero-order chi connectivity index (χ0) is 12.7. The van der Waals surface area contributed by atoms with Crippen LogP contribution in [0.1, 0.15) is 25.8 Å². The average Bonchev–Trinajstić information content (AvgIpc) is 2.36. The summed E-state index contributed by atoms with van der Waals surface area (Å²) in [4.78, 5) is 4.21. The largest absolute Gasteiger partial charge is 0.370 e. The Kier molecular flexibility index (Phi) is 5.09. The van der Waals surface area contributed by atoms with Crippen molar-refractivity contribution in [1.82, 2.24) is 0 Å². The lowest BCUT2D eigenvalue weighted by Crippen LogP contribution is -2.24. The normalized spacial score (nSPS) is 12.9. The standard InChI is InChI=1S/C14H19N3/c1-4-11-8-7-9-13(10-11)17-14(15)16-12(5-2)6-3/h2,7-10,12H,4,6H2,1,3H3,(H3,15,16,17). The van der Waals surface area contributed by atoms with Gasteiger partial charge < -0.3 is 11.1 Å². The molecule has 0 saturated carbocycles. The molecule has 0 fully saturated rings. The van der Waals surface area contributed by atoms with Crippen molar-refractivity contribution in [2.24, 2.45) is 10.7 Å². The van der Waals surface area contributed by atoms with Crippen LogP contribution in [0.5, 0.6) is 0 Å². The Bertz CT molecular complexity index is 429. The zero-order valence-electron chi connectivity index (χ0n) is 10.4. The van der Waals surface area contributed by atoms with E-state index in [0.717, 1.165) is 18.5 Å². The van der Waals surface area contributed by atoms with E-state index in [0.29, 0.717) is 5.96 Å². The molecule has 0 spiro atoms. The summed E-state index contributed by atoms with van der Waals surface area (Å²) in [5.41, 5.74) is 7.99. The van der Waals surface area contributed by atoms with Crippen LogP contribution in [0.3, 0.4) is 0 Å². The molecule has 3 nitrogen and oxygen atoms in total. The second kappa shape index (κ2) is 6.59. The van der Waals surface area contributed by atoms with Gasteiger partial charge in [-0.05, 0) is 30.5 Å². The van der Waals surface area contributed by atoms with Crippen LogP contribution in [-0.4, -0.2) is 12.0 Å². The van der Waals surface area contributed by atoms with E-state index in [-0.39, 0.29) is 6.04 Å².